The predicted octanol–water partition coefficient (Wildman–Crippen LogP) is 2.78. The number of alkyl halides is 3. The fourth-order valence-electron chi connectivity index (χ4n) is 4.33. The molecule has 1 saturated carbocycles. The molecule has 3 heterocycles. The largest absolute Gasteiger partial charge is 0.401 e. The highest BCUT2D eigenvalue weighted by Gasteiger charge is 2.49. The van der Waals surface area contributed by atoms with E-state index in [2.05, 4.69) is 11.0 Å². The lowest BCUT2D eigenvalue weighted by atomic mass is 9.80. The molecule has 0 aromatic carbocycles. The van der Waals surface area contributed by atoms with E-state index in [1.807, 2.05) is 0 Å². The first kappa shape index (κ1) is 15.1. The van der Waals surface area contributed by atoms with Crippen LogP contribution in [-0.4, -0.2) is 53.7 Å². The van der Waals surface area contributed by atoms with Crippen molar-refractivity contribution in [3.8, 4) is 6.07 Å². The van der Waals surface area contributed by atoms with Crippen LogP contribution in [0, 0.1) is 17.2 Å². The number of piperazine rings is 1. The number of hydrogen-bond donors (Lipinski definition) is 0. The van der Waals surface area contributed by atoms with Crippen LogP contribution < -0.4 is 0 Å². The Kier molecular flexibility index (Phi) is 4.15. The van der Waals surface area contributed by atoms with Crippen LogP contribution in [0.2, 0.25) is 0 Å². The van der Waals surface area contributed by atoms with Gasteiger partial charge in [-0.15, -0.1) is 0 Å². The monoisotopic (exact) mass is 301 g/mol. The van der Waals surface area contributed by atoms with Gasteiger partial charge in [-0.25, -0.2) is 0 Å². The standard InChI is InChI=1S/C15H22F3N3/c16-15(17,18)10-21-13-7-14(21)9-20(8-13)12-3-1-11(2-4-12)5-6-19/h11-14H,1-5,7-10H2. The number of nitrogens with zero attached hydrogens (tertiary/aromatic N) is 3. The SMILES string of the molecule is N#CCC1CCC(N2CC3CC(C2)N3CC(F)(F)F)CC1. The van der Waals surface area contributed by atoms with Gasteiger partial charge >= 0.3 is 6.18 Å². The minimum atomic E-state index is -4.07. The van der Waals surface area contributed by atoms with Gasteiger partial charge in [0.25, 0.3) is 0 Å². The van der Waals surface area contributed by atoms with Crippen molar-refractivity contribution in [3.05, 3.63) is 0 Å². The maximum Gasteiger partial charge on any atom is 0.401 e. The number of halogens is 3. The molecule has 2 atom stereocenters. The molecular formula is C15H22F3N3. The summed E-state index contributed by atoms with van der Waals surface area (Å²) < 4.78 is 37.6. The van der Waals surface area contributed by atoms with E-state index in [-0.39, 0.29) is 12.1 Å². The Morgan fingerprint density at radius 2 is 1.62 bits per heavy atom. The molecule has 0 N–H and O–H groups in total. The number of piperidine rings is 1. The van der Waals surface area contributed by atoms with Crippen molar-refractivity contribution < 1.29 is 13.2 Å². The third-order valence-corrected chi connectivity index (χ3v) is 5.45. The minimum Gasteiger partial charge on any atom is -0.297 e. The molecule has 4 fully saturated rings. The normalized spacial score (nSPS) is 37.8. The molecule has 2 unspecified atom stereocenters. The first-order valence-electron chi connectivity index (χ1n) is 7.90. The molecule has 21 heavy (non-hydrogen) atoms. The lowest BCUT2D eigenvalue weighted by Crippen LogP contribution is -2.71. The van der Waals surface area contributed by atoms with E-state index in [1.54, 1.807) is 4.90 Å². The molecule has 4 aliphatic rings. The minimum absolute atomic E-state index is 0.0993. The fourth-order valence-corrected chi connectivity index (χ4v) is 4.33. The van der Waals surface area contributed by atoms with Gasteiger partial charge in [-0.3, -0.25) is 9.80 Å². The van der Waals surface area contributed by atoms with Crippen LogP contribution in [0.1, 0.15) is 38.5 Å². The summed E-state index contributed by atoms with van der Waals surface area (Å²) in [6.45, 7) is 0.839. The van der Waals surface area contributed by atoms with Gasteiger partial charge in [-0.05, 0) is 38.0 Å². The van der Waals surface area contributed by atoms with Gasteiger partial charge in [0.2, 0.25) is 0 Å². The zero-order valence-corrected chi connectivity index (χ0v) is 12.1. The van der Waals surface area contributed by atoms with E-state index in [0.29, 0.717) is 18.4 Å². The molecular weight excluding hydrogens is 279 g/mol. The molecule has 0 aromatic heterocycles. The number of hydrogen-bond acceptors (Lipinski definition) is 3. The first-order valence-corrected chi connectivity index (χ1v) is 7.90. The number of rotatable bonds is 3. The lowest BCUT2D eigenvalue weighted by Gasteiger charge is -2.58. The molecule has 0 radical (unpaired) electrons. The van der Waals surface area contributed by atoms with Crippen LogP contribution in [0.5, 0.6) is 0 Å². The molecule has 0 spiro atoms. The molecule has 118 valence electrons. The Balaban J connectivity index is 1.48. The second-order valence-electron chi connectivity index (χ2n) is 6.82. The van der Waals surface area contributed by atoms with Crippen molar-refractivity contribution in [2.45, 2.75) is 62.8 Å². The smallest absolute Gasteiger partial charge is 0.297 e. The molecule has 2 bridgehead atoms. The summed E-state index contributed by atoms with van der Waals surface area (Å²) in [6.07, 6.45) is 1.89. The van der Waals surface area contributed by atoms with Crippen molar-refractivity contribution in [1.82, 2.24) is 9.80 Å². The molecule has 0 amide bonds. The molecule has 3 saturated heterocycles. The van der Waals surface area contributed by atoms with Gasteiger partial charge in [-0.2, -0.15) is 18.4 Å². The fraction of sp³-hybridized carbons (Fsp3) is 0.933. The Bertz CT molecular complexity index is 397. The Labute approximate surface area is 123 Å². The van der Waals surface area contributed by atoms with Gasteiger partial charge in [0.15, 0.2) is 0 Å². The summed E-state index contributed by atoms with van der Waals surface area (Å²) >= 11 is 0. The van der Waals surface area contributed by atoms with E-state index in [0.717, 1.165) is 45.2 Å². The zero-order chi connectivity index (χ0) is 15.0. The summed E-state index contributed by atoms with van der Waals surface area (Å²) in [7, 11) is 0. The van der Waals surface area contributed by atoms with Gasteiger partial charge < -0.3 is 0 Å². The average Bonchev–Trinajstić information content (AvgIpc) is 2.45. The summed E-state index contributed by atoms with van der Waals surface area (Å²) in [5.74, 6) is 0.535. The summed E-state index contributed by atoms with van der Waals surface area (Å²) in [4.78, 5) is 4.05. The summed E-state index contributed by atoms with van der Waals surface area (Å²) in [6, 6.07) is 2.97. The average molecular weight is 301 g/mol. The van der Waals surface area contributed by atoms with E-state index >= 15 is 0 Å². The molecule has 0 aromatic rings. The van der Waals surface area contributed by atoms with Gasteiger partial charge in [-0.1, -0.05) is 0 Å². The highest BCUT2D eigenvalue weighted by atomic mass is 19.4. The van der Waals surface area contributed by atoms with E-state index in [4.69, 9.17) is 5.26 Å². The van der Waals surface area contributed by atoms with Gasteiger partial charge in [0.05, 0.1) is 12.6 Å². The number of fused-ring (bicyclic) bond motifs is 2. The molecule has 4 rings (SSSR count). The second kappa shape index (κ2) is 5.77. The van der Waals surface area contributed by atoms with Crippen LogP contribution in [0.15, 0.2) is 0 Å². The van der Waals surface area contributed by atoms with Crippen molar-refractivity contribution in [1.29, 1.82) is 5.26 Å². The highest BCUT2D eigenvalue weighted by Crippen LogP contribution is 2.38. The Morgan fingerprint density at radius 3 is 2.14 bits per heavy atom. The van der Waals surface area contributed by atoms with Crippen molar-refractivity contribution in [2.75, 3.05) is 19.6 Å². The van der Waals surface area contributed by atoms with Crippen molar-refractivity contribution >= 4 is 0 Å². The van der Waals surface area contributed by atoms with Crippen LogP contribution >= 0.6 is 0 Å². The lowest BCUT2D eigenvalue weighted by molar-refractivity contribution is -0.191. The van der Waals surface area contributed by atoms with Crippen LogP contribution in [-0.2, 0) is 0 Å². The third kappa shape index (κ3) is 3.35. The number of nitriles is 1. The topological polar surface area (TPSA) is 30.3 Å². The molecule has 3 aliphatic heterocycles. The van der Waals surface area contributed by atoms with Crippen molar-refractivity contribution in [3.63, 3.8) is 0 Å². The third-order valence-electron chi connectivity index (χ3n) is 5.45. The first-order chi connectivity index (χ1) is 9.96. The van der Waals surface area contributed by atoms with E-state index in [9.17, 15) is 13.2 Å². The second-order valence-corrected chi connectivity index (χ2v) is 6.82. The quantitative estimate of drug-likeness (QED) is 0.803. The predicted molar refractivity (Wildman–Crippen MR) is 72.5 cm³/mol. The van der Waals surface area contributed by atoms with Crippen LogP contribution in [0.4, 0.5) is 13.2 Å². The maximum absolute atomic E-state index is 12.5. The van der Waals surface area contributed by atoms with E-state index < -0.39 is 12.7 Å². The molecule has 3 nitrogen and oxygen atoms in total. The molecule has 6 heteroatoms. The zero-order valence-electron chi connectivity index (χ0n) is 12.1. The van der Waals surface area contributed by atoms with Crippen LogP contribution in [0.25, 0.3) is 0 Å². The van der Waals surface area contributed by atoms with Gasteiger partial charge in [0.1, 0.15) is 0 Å². The maximum atomic E-state index is 12.5. The summed E-state index contributed by atoms with van der Waals surface area (Å²) in [5, 5.41) is 8.74. The van der Waals surface area contributed by atoms with Gasteiger partial charge in [0, 0.05) is 37.6 Å². The van der Waals surface area contributed by atoms with Crippen LogP contribution in [0.3, 0.4) is 0 Å². The van der Waals surface area contributed by atoms with E-state index in [1.165, 1.54) is 0 Å². The Hall–Kier alpha value is -0.800. The summed E-state index contributed by atoms with van der Waals surface area (Å²) in [5.41, 5.74) is 0. The highest BCUT2D eigenvalue weighted by molar-refractivity contribution is 5.03. The molecule has 1 aliphatic carbocycles. The van der Waals surface area contributed by atoms with Crippen molar-refractivity contribution in [2.24, 2.45) is 5.92 Å². The Morgan fingerprint density at radius 1 is 1.00 bits per heavy atom.